The van der Waals surface area contributed by atoms with Crippen molar-refractivity contribution < 1.29 is 22.0 Å². The summed E-state index contributed by atoms with van der Waals surface area (Å²) in [6.07, 6.45) is 5.72. The Morgan fingerprint density at radius 1 is 0.788 bits per heavy atom. The van der Waals surface area contributed by atoms with E-state index in [0.29, 0.717) is 22.6 Å². The van der Waals surface area contributed by atoms with Crippen molar-refractivity contribution in [2.24, 2.45) is 5.92 Å². The van der Waals surface area contributed by atoms with Gasteiger partial charge in [0.25, 0.3) is 0 Å². The number of benzene rings is 3. The molecule has 0 aliphatic heterocycles. The Hall–Kier alpha value is -2.95. The van der Waals surface area contributed by atoms with E-state index >= 15 is 13.2 Å². The molecule has 1 fully saturated rings. The van der Waals surface area contributed by atoms with Crippen molar-refractivity contribution in [3.63, 3.8) is 0 Å². The maximum absolute atomic E-state index is 15.1. The molecule has 0 unspecified atom stereocenters. The van der Waals surface area contributed by atoms with Crippen LogP contribution in [0.2, 0.25) is 0 Å². The van der Waals surface area contributed by atoms with Crippen molar-refractivity contribution >= 4 is 0 Å². The van der Waals surface area contributed by atoms with Crippen molar-refractivity contribution in [1.82, 2.24) is 0 Å². The van der Waals surface area contributed by atoms with E-state index in [0.717, 1.165) is 25.7 Å². The summed E-state index contributed by atoms with van der Waals surface area (Å²) in [6, 6.07) is 7.38. The van der Waals surface area contributed by atoms with E-state index in [-0.39, 0.29) is 40.2 Å². The third-order valence-electron chi connectivity index (χ3n) is 7.25. The predicted molar refractivity (Wildman–Crippen MR) is 120 cm³/mol. The van der Waals surface area contributed by atoms with Crippen LogP contribution in [0, 0.1) is 41.9 Å². The third-order valence-corrected chi connectivity index (χ3v) is 7.25. The summed E-state index contributed by atoms with van der Waals surface area (Å²) in [5.74, 6) is -4.56. The third kappa shape index (κ3) is 3.49. The fourth-order valence-electron chi connectivity index (χ4n) is 5.43. The maximum Gasteiger partial charge on any atom is 0.167 e. The van der Waals surface area contributed by atoms with E-state index in [1.165, 1.54) is 25.1 Å². The van der Waals surface area contributed by atoms with Crippen molar-refractivity contribution in [3.05, 3.63) is 94.3 Å². The fourth-order valence-corrected chi connectivity index (χ4v) is 5.43. The number of allylic oxidation sites excluding steroid dienone is 1. The summed E-state index contributed by atoms with van der Waals surface area (Å²) in [5.41, 5.74) is 1.12. The molecule has 5 heteroatoms. The van der Waals surface area contributed by atoms with Gasteiger partial charge in [-0.15, -0.1) is 6.58 Å². The molecule has 0 bridgehead atoms. The summed E-state index contributed by atoms with van der Waals surface area (Å²) in [7, 11) is 0. The first-order valence-electron chi connectivity index (χ1n) is 11.2. The minimum Gasteiger partial charge on any atom is -0.207 e. The second kappa shape index (κ2) is 8.12. The van der Waals surface area contributed by atoms with E-state index in [1.807, 2.05) is 6.08 Å². The van der Waals surface area contributed by atoms with Crippen LogP contribution in [-0.4, -0.2) is 0 Å². The highest BCUT2D eigenvalue weighted by Crippen LogP contribution is 2.45. The molecule has 0 saturated heterocycles. The van der Waals surface area contributed by atoms with Crippen LogP contribution in [0.4, 0.5) is 22.0 Å². The van der Waals surface area contributed by atoms with Crippen molar-refractivity contribution in [2.75, 3.05) is 0 Å². The molecule has 33 heavy (non-hydrogen) atoms. The highest BCUT2D eigenvalue weighted by molar-refractivity contribution is 5.82. The molecule has 0 radical (unpaired) electrons. The monoisotopic (exact) mass is 454 g/mol. The zero-order valence-corrected chi connectivity index (χ0v) is 18.3. The lowest BCUT2D eigenvalue weighted by molar-refractivity contribution is 0.369. The number of hydrogen-bond acceptors (Lipinski definition) is 0. The first kappa shape index (κ1) is 21.9. The molecule has 0 heterocycles. The highest BCUT2D eigenvalue weighted by Gasteiger charge is 2.32. The standard InChI is InChI=1S/C28H23F5/c1-3-15-4-6-16(7-5-15)20-9-8-17(13-22(20)29)21-12-19-11-18-10-14(2)25(30)27(32)23(18)24(19)28(33)26(21)31/h3,8-10,12-13,15-16H,1,4-7,11H2,2H3. The van der Waals surface area contributed by atoms with Crippen LogP contribution in [0.5, 0.6) is 0 Å². The number of halogens is 5. The lowest BCUT2D eigenvalue weighted by atomic mass is 9.78. The SMILES string of the molecule is C=CC1CCC(c2ccc(-c3cc4c(c(F)c3F)-c3c(cc(C)c(F)c3F)C4)cc2F)CC1. The highest BCUT2D eigenvalue weighted by atomic mass is 19.2. The second-order valence-corrected chi connectivity index (χ2v) is 9.20. The van der Waals surface area contributed by atoms with E-state index in [2.05, 4.69) is 6.58 Å². The summed E-state index contributed by atoms with van der Waals surface area (Å²) in [4.78, 5) is 0. The smallest absolute Gasteiger partial charge is 0.167 e. The van der Waals surface area contributed by atoms with Crippen LogP contribution in [0.1, 0.15) is 53.9 Å². The molecular weight excluding hydrogens is 431 g/mol. The Morgan fingerprint density at radius 2 is 1.42 bits per heavy atom. The molecule has 0 spiro atoms. The summed E-state index contributed by atoms with van der Waals surface area (Å²) in [5, 5.41) is 0. The Balaban J connectivity index is 1.53. The quantitative estimate of drug-likeness (QED) is 0.215. The molecular formula is C28H23F5. The molecule has 3 aromatic carbocycles. The van der Waals surface area contributed by atoms with E-state index in [1.54, 1.807) is 12.1 Å². The second-order valence-electron chi connectivity index (χ2n) is 9.20. The van der Waals surface area contributed by atoms with Gasteiger partial charge in [-0.05, 0) is 90.8 Å². The molecule has 0 atom stereocenters. The van der Waals surface area contributed by atoms with Crippen molar-refractivity contribution in [2.45, 2.75) is 44.9 Å². The molecule has 3 aromatic rings. The van der Waals surface area contributed by atoms with Gasteiger partial charge in [-0.2, -0.15) is 0 Å². The van der Waals surface area contributed by atoms with Crippen LogP contribution in [0.15, 0.2) is 43.0 Å². The van der Waals surface area contributed by atoms with Gasteiger partial charge < -0.3 is 0 Å². The van der Waals surface area contributed by atoms with Gasteiger partial charge in [0.1, 0.15) is 5.82 Å². The van der Waals surface area contributed by atoms with Crippen LogP contribution >= 0.6 is 0 Å². The molecule has 2 aliphatic carbocycles. The minimum absolute atomic E-state index is 0.0857. The van der Waals surface area contributed by atoms with Crippen LogP contribution in [0.25, 0.3) is 22.3 Å². The molecule has 0 nitrogen and oxygen atoms in total. The molecule has 2 aliphatic rings. The minimum atomic E-state index is -1.24. The lowest BCUT2D eigenvalue weighted by Crippen LogP contribution is -2.12. The van der Waals surface area contributed by atoms with Gasteiger partial charge in [-0.3, -0.25) is 0 Å². The van der Waals surface area contributed by atoms with Crippen LogP contribution in [-0.2, 0) is 6.42 Å². The van der Waals surface area contributed by atoms with Crippen molar-refractivity contribution in [3.8, 4) is 22.3 Å². The van der Waals surface area contributed by atoms with Crippen LogP contribution < -0.4 is 0 Å². The molecule has 0 aromatic heterocycles. The first-order valence-corrected chi connectivity index (χ1v) is 11.2. The van der Waals surface area contributed by atoms with E-state index < -0.39 is 29.1 Å². The van der Waals surface area contributed by atoms with Gasteiger partial charge in [0.05, 0.1) is 0 Å². The largest absolute Gasteiger partial charge is 0.207 e. The average molecular weight is 454 g/mol. The van der Waals surface area contributed by atoms with Gasteiger partial charge in [-0.25, -0.2) is 22.0 Å². The predicted octanol–water partition coefficient (Wildman–Crippen LogP) is 8.39. The van der Waals surface area contributed by atoms with Crippen LogP contribution in [0.3, 0.4) is 0 Å². The van der Waals surface area contributed by atoms with E-state index in [4.69, 9.17) is 0 Å². The van der Waals surface area contributed by atoms with Gasteiger partial charge in [0.2, 0.25) is 0 Å². The molecule has 0 amide bonds. The Morgan fingerprint density at radius 3 is 2.06 bits per heavy atom. The summed E-state index contributed by atoms with van der Waals surface area (Å²) < 4.78 is 73.9. The summed E-state index contributed by atoms with van der Waals surface area (Å²) >= 11 is 0. The molecule has 0 N–H and O–H groups in total. The summed E-state index contributed by atoms with van der Waals surface area (Å²) in [6.45, 7) is 5.26. The maximum atomic E-state index is 15.1. The van der Waals surface area contributed by atoms with E-state index in [9.17, 15) is 8.78 Å². The Labute approximate surface area is 189 Å². The van der Waals surface area contributed by atoms with Crippen molar-refractivity contribution in [1.29, 1.82) is 0 Å². The Kier molecular flexibility index (Phi) is 5.38. The lowest BCUT2D eigenvalue weighted by Gasteiger charge is -2.27. The molecule has 1 saturated carbocycles. The fraction of sp³-hybridized carbons (Fsp3) is 0.286. The number of hydrogen-bond donors (Lipinski definition) is 0. The Bertz CT molecular complexity index is 1280. The number of rotatable bonds is 3. The number of aryl methyl sites for hydroxylation is 1. The first-order chi connectivity index (χ1) is 15.8. The average Bonchev–Trinajstić information content (AvgIpc) is 3.18. The normalized spacial score (nSPS) is 19.3. The zero-order chi connectivity index (χ0) is 23.4. The molecule has 5 rings (SSSR count). The topological polar surface area (TPSA) is 0 Å². The number of fused-ring (bicyclic) bond motifs is 3. The molecule has 170 valence electrons. The van der Waals surface area contributed by atoms with Gasteiger partial charge in [0.15, 0.2) is 23.3 Å². The van der Waals surface area contributed by atoms with Gasteiger partial charge in [-0.1, -0.05) is 24.3 Å². The van der Waals surface area contributed by atoms with Gasteiger partial charge >= 0.3 is 0 Å². The zero-order valence-electron chi connectivity index (χ0n) is 18.3. The van der Waals surface area contributed by atoms with Gasteiger partial charge in [0, 0.05) is 16.7 Å².